The molecule has 0 spiro atoms. The number of nitriles is 1. The van der Waals surface area contributed by atoms with E-state index >= 15 is 0 Å². The number of thioether (sulfide) groups is 1. The summed E-state index contributed by atoms with van der Waals surface area (Å²) < 4.78 is 15.1. The number of nitro groups is 1. The monoisotopic (exact) mass is 471 g/mol. The number of ether oxygens (including phenoxy) is 1. The number of rotatable bonds is 9. The second-order valence-electron chi connectivity index (χ2n) is 6.01. The highest BCUT2D eigenvalue weighted by atomic mass is 32.2. The van der Waals surface area contributed by atoms with E-state index in [1.165, 1.54) is 42.1 Å². The molecule has 1 aromatic carbocycles. The van der Waals surface area contributed by atoms with Crippen molar-refractivity contribution >= 4 is 46.1 Å². The van der Waals surface area contributed by atoms with Gasteiger partial charge in [0.05, 0.1) is 23.2 Å². The van der Waals surface area contributed by atoms with Crippen LogP contribution in [0.1, 0.15) is 19.6 Å². The summed E-state index contributed by atoms with van der Waals surface area (Å²) in [5.41, 5.74) is -0.154. The van der Waals surface area contributed by atoms with Crippen LogP contribution in [0.5, 0.6) is 5.75 Å². The van der Waals surface area contributed by atoms with Crippen LogP contribution in [0.3, 0.4) is 0 Å². The standard InChI is InChI=1S/C20H17N5O5S2/c1-3-29-13-5-7-15(16(10-13)25(27)28)17-8-6-14(30-17)9-12(11-21)18(26)22-19-23-20(24-32-19)31-4-2/h5-10H,3-4H2,1-2H3,(H,22,23,24,26). The molecule has 0 atom stereocenters. The van der Waals surface area contributed by atoms with Crippen molar-refractivity contribution in [1.82, 2.24) is 9.36 Å². The summed E-state index contributed by atoms with van der Waals surface area (Å²) in [5, 5.41) is 24.2. The highest BCUT2D eigenvalue weighted by molar-refractivity contribution is 7.99. The number of hydrogen-bond acceptors (Lipinski definition) is 10. The summed E-state index contributed by atoms with van der Waals surface area (Å²) in [6.07, 6.45) is 1.25. The topological polar surface area (TPSA) is 144 Å². The first-order valence-corrected chi connectivity index (χ1v) is 11.1. The number of benzene rings is 1. The van der Waals surface area contributed by atoms with Gasteiger partial charge in [0, 0.05) is 17.6 Å². The van der Waals surface area contributed by atoms with Crippen LogP contribution in [0.15, 0.2) is 45.5 Å². The Labute approximate surface area is 191 Å². The Balaban J connectivity index is 1.82. The van der Waals surface area contributed by atoms with E-state index in [2.05, 4.69) is 14.7 Å². The molecule has 0 aliphatic carbocycles. The van der Waals surface area contributed by atoms with E-state index in [0.29, 0.717) is 17.5 Å². The van der Waals surface area contributed by atoms with Gasteiger partial charge in [-0.15, -0.1) is 0 Å². The van der Waals surface area contributed by atoms with Gasteiger partial charge in [-0.1, -0.05) is 18.7 Å². The lowest BCUT2D eigenvalue weighted by atomic mass is 10.1. The molecule has 1 amide bonds. The molecule has 12 heteroatoms. The molecule has 2 heterocycles. The fraction of sp³-hybridized carbons (Fsp3) is 0.200. The van der Waals surface area contributed by atoms with Crippen molar-refractivity contribution in [2.24, 2.45) is 0 Å². The molecule has 0 radical (unpaired) electrons. The van der Waals surface area contributed by atoms with Crippen LogP contribution >= 0.6 is 23.3 Å². The summed E-state index contributed by atoms with van der Waals surface area (Å²) in [6, 6.07) is 9.30. The summed E-state index contributed by atoms with van der Waals surface area (Å²) in [4.78, 5) is 27.5. The fourth-order valence-corrected chi connectivity index (χ4v) is 3.87. The number of nitrogens with one attached hydrogen (secondary N) is 1. The van der Waals surface area contributed by atoms with E-state index in [9.17, 15) is 20.2 Å². The molecule has 164 valence electrons. The Morgan fingerprint density at radius 2 is 2.22 bits per heavy atom. The molecular weight excluding hydrogens is 454 g/mol. The van der Waals surface area contributed by atoms with Gasteiger partial charge in [-0.05, 0) is 36.9 Å². The molecule has 0 saturated heterocycles. The van der Waals surface area contributed by atoms with Crippen LogP contribution in [0.4, 0.5) is 10.8 Å². The number of aromatic nitrogens is 2. The molecule has 2 aromatic heterocycles. The zero-order valence-corrected chi connectivity index (χ0v) is 18.7. The molecule has 3 rings (SSSR count). The SMILES string of the molecule is CCOc1ccc(-c2ccc(C=C(C#N)C(=O)Nc3nc(SCC)ns3)o2)c([N+](=O)[O-])c1. The van der Waals surface area contributed by atoms with Gasteiger partial charge in [0.25, 0.3) is 11.6 Å². The van der Waals surface area contributed by atoms with Gasteiger partial charge in [0.15, 0.2) is 0 Å². The van der Waals surface area contributed by atoms with Crippen LogP contribution < -0.4 is 10.1 Å². The zero-order valence-electron chi connectivity index (χ0n) is 17.0. The van der Waals surface area contributed by atoms with Gasteiger partial charge in [0.1, 0.15) is 28.9 Å². The molecule has 0 unspecified atom stereocenters. The van der Waals surface area contributed by atoms with Crippen LogP contribution in [-0.4, -0.2) is 32.5 Å². The summed E-state index contributed by atoms with van der Waals surface area (Å²) >= 11 is 2.45. The zero-order chi connectivity index (χ0) is 23.1. The third-order valence-electron chi connectivity index (χ3n) is 3.92. The minimum atomic E-state index is -0.665. The largest absolute Gasteiger partial charge is 0.494 e. The molecule has 32 heavy (non-hydrogen) atoms. The van der Waals surface area contributed by atoms with E-state index in [4.69, 9.17) is 9.15 Å². The fourth-order valence-electron chi connectivity index (χ4n) is 2.61. The van der Waals surface area contributed by atoms with E-state index in [-0.39, 0.29) is 33.5 Å². The van der Waals surface area contributed by atoms with Crippen LogP contribution in [0, 0.1) is 21.4 Å². The van der Waals surface area contributed by atoms with Gasteiger partial charge in [-0.2, -0.15) is 14.6 Å². The summed E-state index contributed by atoms with van der Waals surface area (Å²) in [5.74, 6) is 0.904. The van der Waals surface area contributed by atoms with Crippen LogP contribution in [-0.2, 0) is 4.79 Å². The molecular formula is C20H17N5O5S2. The van der Waals surface area contributed by atoms with Crippen molar-refractivity contribution in [1.29, 1.82) is 5.26 Å². The maximum Gasteiger partial charge on any atom is 0.284 e. The molecule has 3 aromatic rings. The lowest BCUT2D eigenvalue weighted by Gasteiger charge is -2.05. The van der Waals surface area contributed by atoms with Crippen molar-refractivity contribution < 1.29 is 18.9 Å². The number of nitro benzene ring substituents is 1. The number of carbonyl (C=O) groups is 1. The minimum Gasteiger partial charge on any atom is -0.494 e. The van der Waals surface area contributed by atoms with Gasteiger partial charge in [-0.3, -0.25) is 20.2 Å². The molecule has 0 aliphatic heterocycles. The first-order valence-electron chi connectivity index (χ1n) is 9.36. The Bertz CT molecular complexity index is 1210. The highest BCUT2D eigenvalue weighted by Crippen LogP contribution is 2.34. The number of nitrogens with zero attached hydrogens (tertiary/aromatic N) is 4. The lowest BCUT2D eigenvalue weighted by Crippen LogP contribution is -2.13. The van der Waals surface area contributed by atoms with E-state index in [1.54, 1.807) is 13.0 Å². The van der Waals surface area contributed by atoms with Gasteiger partial charge >= 0.3 is 0 Å². The van der Waals surface area contributed by atoms with Crippen molar-refractivity contribution in [3.63, 3.8) is 0 Å². The number of carbonyl (C=O) groups excluding carboxylic acids is 1. The second kappa shape index (κ2) is 10.6. The first kappa shape index (κ1) is 23.0. The third-order valence-corrected chi connectivity index (χ3v) is 5.40. The van der Waals surface area contributed by atoms with Gasteiger partial charge < -0.3 is 9.15 Å². The first-order chi connectivity index (χ1) is 15.4. The summed E-state index contributed by atoms with van der Waals surface area (Å²) in [7, 11) is 0. The van der Waals surface area contributed by atoms with Crippen LogP contribution in [0.2, 0.25) is 0 Å². The molecule has 0 saturated carbocycles. The molecule has 0 fully saturated rings. The minimum absolute atomic E-state index is 0.184. The predicted octanol–water partition coefficient (Wildman–Crippen LogP) is 4.76. The Kier molecular flexibility index (Phi) is 7.58. The Morgan fingerprint density at radius 3 is 2.91 bits per heavy atom. The second-order valence-corrected chi connectivity index (χ2v) is 7.99. The maximum atomic E-state index is 12.4. The average Bonchev–Trinajstić information content (AvgIpc) is 3.42. The average molecular weight is 472 g/mol. The van der Waals surface area contributed by atoms with Crippen molar-refractivity contribution in [3.05, 3.63) is 51.8 Å². The van der Waals surface area contributed by atoms with E-state index in [1.807, 2.05) is 13.0 Å². The van der Waals surface area contributed by atoms with Gasteiger partial charge in [-0.25, -0.2) is 0 Å². The Hall–Kier alpha value is -3.69. The van der Waals surface area contributed by atoms with Crippen LogP contribution in [0.25, 0.3) is 17.4 Å². The summed E-state index contributed by atoms with van der Waals surface area (Å²) in [6.45, 7) is 4.11. The number of hydrogen-bond donors (Lipinski definition) is 1. The number of furan rings is 1. The normalized spacial score (nSPS) is 11.1. The smallest absolute Gasteiger partial charge is 0.284 e. The van der Waals surface area contributed by atoms with E-state index < -0.39 is 10.8 Å². The number of anilines is 1. The van der Waals surface area contributed by atoms with Gasteiger partial charge in [0.2, 0.25) is 10.3 Å². The van der Waals surface area contributed by atoms with Crippen molar-refractivity contribution in [3.8, 4) is 23.1 Å². The molecule has 10 nitrogen and oxygen atoms in total. The molecule has 1 N–H and O–H groups in total. The molecule has 0 bridgehead atoms. The lowest BCUT2D eigenvalue weighted by molar-refractivity contribution is -0.384. The maximum absolute atomic E-state index is 12.4. The predicted molar refractivity (Wildman–Crippen MR) is 120 cm³/mol. The van der Waals surface area contributed by atoms with Crippen molar-refractivity contribution in [2.75, 3.05) is 17.7 Å². The quantitative estimate of drug-likeness (QED) is 0.153. The molecule has 0 aliphatic rings. The van der Waals surface area contributed by atoms with E-state index in [0.717, 1.165) is 17.3 Å². The Morgan fingerprint density at radius 1 is 1.41 bits per heavy atom. The third kappa shape index (κ3) is 5.51. The number of amides is 1. The van der Waals surface area contributed by atoms with Crippen molar-refractivity contribution in [2.45, 2.75) is 19.0 Å². The highest BCUT2D eigenvalue weighted by Gasteiger charge is 2.20.